The predicted molar refractivity (Wildman–Crippen MR) is 100 cm³/mol. The Morgan fingerprint density at radius 2 is 2.04 bits per heavy atom. The Hall–Kier alpha value is -3.28. The predicted octanol–water partition coefficient (Wildman–Crippen LogP) is 2.87. The van der Waals surface area contributed by atoms with E-state index in [0.29, 0.717) is 24.2 Å². The maximum atomic E-state index is 12.6. The van der Waals surface area contributed by atoms with Crippen molar-refractivity contribution in [1.29, 1.82) is 0 Å². The molecule has 3 aromatic heterocycles. The van der Waals surface area contributed by atoms with Gasteiger partial charge in [0.25, 0.3) is 5.91 Å². The molecule has 6 nitrogen and oxygen atoms in total. The third-order valence-electron chi connectivity index (χ3n) is 4.42. The van der Waals surface area contributed by atoms with Crippen molar-refractivity contribution in [3.8, 4) is 0 Å². The number of pyridine rings is 1. The van der Waals surface area contributed by atoms with Gasteiger partial charge in [-0.05, 0) is 38.0 Å². The van der Waals surface area contributed by atoms with Crippen LogP contribution in [0.25, 0.3) is 16.6 Å². The molecular formula is C20H19N5O. The molecule has 0 fully saturated rings. The first-order valence-corrected chi connectivity index (χ1v) is 8.56. The molecule has 4 rings (SSSR count). The smallest absolute Gasteiger partial charge is 0.256 e. The molecule has 1 N–H and O–H groups in total. The molecule has 0 bridgehead atoms. The number of nitrogens with one attached hydrogen (secondary N) is 1. The number of aryl methyl sites for hydroxylation is 2. The van der Waals surface area contributed by atoms with Crippen LogP contribution in [0.3, 0.4) is 0 Å². The number of para-hydroxylation sites is 1. The Labute approximate surface area is 150 Å². The van der Waals surface area contributed by atoms with E-state index in [-0.39, 0.29) is 5.91 Å². The summed E-state index contributed by atoms with van der Waals surface area (Å²) in [6, 6.07) is 12.0. The largest absolute Gasteiger partial charge is 0.352 e. The van der Waals surface area contributed by atoms with Crippen LogP contribution in [0.5, 0.6) is 0 Å². The fourth-order valence-corrected chi connectivity index (χ4v) is 3.21. The molecule has 1 amide bonds. The van der Waals surface area contributed by atoms with Gasteiger partial charge in [0.05, 0.1) is 11.7 Å². The second kappa shape index (κ2) is 6.55. The van der Waals surface area contributed by atoms with Gasteiger partial charge in [0.15, 0.2) is 5.65 Å². The monoisotopic (exact) mass is 345 g/mol. The second-order valence-electron chi connectivity index (χ2n) is 6.33. The molecule has 6 heteroatoms. The quantitative estimate of drug-likeness (QED) is 0.617. The van der Waals surface area contributed by atoms with Crippen LogP contribution in [0, 0.1) is 13.8 Å². The van der Waals surface area contributed by atoms with E-state index >= 15 is 0 Å². The first-order chi connectivity index (χ1) is 12.6. The number of benzene rings is 1. The SMILES string of the molecule is Cc1cc(C)n2ncc(C(=O)NCCc3cccc4cccnc34)c2n1. The van der Waals surface area contributed by atoms with Crippen LogP contribution < -0.4 is 5.32 Å². The number of carbonyl (C=O) groups excluding carboxylic acids is 1. The van der Waals surface area contributed by atoms with E-state index in [1.54, 1.807) is 16.9 Å². The van der Waals surface area contributed by atoms with Gasteiger partial charge in [0.1, 0.15) is 5.56 Å². The van der Waals surface area contributed by atoms with E-state index in [1.807, 2.05) is 50.2 Å². The molecule has 3 heterocycles. The van der Waals surface area contributed by atoms with Gasteiger partial charge in [-0.25, -0.2) is 9.50 Å². The highest BCUT2D eigenvalue weighted by atomic mass is 16.1. The number of amides is 1. The molecule has 26 heavy (non-hydrogen) atoms. The summed E-state index contributed by atoms with van der Waals surface area (Å²) in [5.74, 6) is -0.161. The summed E-state index contributed by atoms with van der Waals surface area (Å²) in [5, 5.41) is 8.35. The maximum Gasteiger partial charge on any atom is 0.256 e. The van der Waals surface area contributed by atoms with E-state index in [2.05, 4.69) is 20.4 Å². The minimum absolute atomic E-state index is 0.161. The van der Waals surface area contributed by atoms with E-state index in [9.17, 15) is 4.79 Å². The number of nitrogens with zero attached hydrogens (tertiary/aromatic N) is 4. The maximum absolute atomic E-state index is 12.6. The molecule has 4 aromatic rings. The molecule has 0 aliphatic carbocycles. The van der Waals surface area contributed by atoms with Gasteiger partial charge in [-0.2, -0.15) is 5.10 Å². The minimum Gasteiger partial charge on any atom is -0.352 e. The molecule has 0 spiro atoms. The lowest BCUT2D eigenvalue weighted by Crippen LogP contribution is -2.25. The highest BCUT2D eigenvalue weighted by Crippen LogP contribution is 2.16. The van der Waals surface area contributed by atoms with E-state index in [1.165, 1.54) is 0 Å². The Morgan fingerprint density at radius 3 is 2.92 bits per heavy atom. The van der Waals surface area contributed by atoms with E-state index in [4.69, 9.17) is 0 Å². The number of rotatable bonds is 4. The van der Waals surface area contributed by atoms with E-state index in [0.717, 1.165) is 27.9 Å². The zero-order chi connectivity index (χ0) is 18.1. The van der Waals surface area contributed by atoms with Gasteiger partial charge in [0, 0.05) is 29.5 Å². The molecule has 0 aliphatic rings. The van der Waals surface area contributed by atoms with Crippen LogP contribution >= 0.6 is 0 Å². The number of hydrogen-bond donors (Lipinski definition) is 1. The third kappa shape index (κ3) is 2.90. The van der Waals surface area contributed by atoms with Crippen molar-refractivity contribution in [1.82, 2.24) is 24.9 Å². The van der Waals surface area contributed by atoms with Crippen LogP contribution in [0.1, 0.15) is 27.3 Å². The number of hydrogen-bond acceptors (Lipinski definition) is 4. The average molecular weight is 345 g/mol. The normalized spacial score (nSPS) is 11.2. The molecule has 0 saturated heterocycles. The lowest BCUT2D eigenvalue weighted by atomic mass is 10.1. The topological polar surface area (TPSA) is 72.2 Å². The zero-order valence-electron chi connectivity index (χ0n) is 14.7. The molecule has 1 aromatic carbocycles. The van der Waals surface area contributed by atoms with Gasteiger partial charge >= 0.3 is 0 Å². The summed E-state index contributed by atoms with van der Waals surface area (Å²) in [6.07, 6.45) is 4.08. The Balaban J connectivity index is 1.51. The van der Waals surface area contributed by atoms with Gasteiger partial charge in [-0.1, -0.05) is 24.3 Å². The summed E-state index contributed by atoms with van der Waals surface area (Å²) in [7, 11) is 0. The number of carbonyl (C=O) groups is 1. The first kappa shape index (κ1) is 16.2. The van der Waals surface area contributed by atoms with Crippen molar-refractivity contribution in [3.63, 3.8) is 0 Å². The van der Waals surface area contributed by atoms with Crippen molar-refractivity contribution < 1.29 is 4.79 Å². The lowest BCUT2D eigenvalue weighted by molar-refractivity contribution is 0.0955. The molecule has 0 saturated carbocycles. The van der Waals surface area contributed by atoms with Gasteiger partial charge < -0.3 is 5.32 Å². The summed E-state index contributed by atoms with van der Waals surface area (Å²) < 4.78 is 1.69. The summed E-state index contributed by atoms with van der Waals surface area (Å²) in [6.45, 7) is 4.38. The zero-order valence-corrected chi connectivity index (χ0v) is 14.7. The average Bonchev–Trinajstić information content (AvgIpc) is 3.06. The van der Waals surface area contributed by atoms with Crippen molar-refractivity contribution in [2.45, 2.75) is 20.3 Å². The minimum atomic E-state index is -0.161. The van der Waals surface area contributed by atoms with Crippen molar-refractivity contribution >= 4 is 22.5 Å². The molecule has 0 aliphatic heterocycles. The fraction of sp³-hybridized carbons (Fsp3) is 0.200. The first-order valence-electron chi connectivity index (χ1n) is 8.56. The van der Waals surface area contributed by atoms with Crippen LogP contribution in [-0.2, 0) is 6.42 Å². The van der Waals surface area contributed by atoms with Crippen molar-refractivity contribution in [2.75, 3.05) is 6.54 Å². The molecular weight excluding hydrogens is 326 g/mol. The number of fused-ring (bicyclic) bond motifs is 2. The van der Waals surface area contributed by atoms with Crippen molar-refractivity contribution in [2.24, 2.45) is 0 Å². The van der Waals surface area contributed by atoms with Gasteiger partial charge in [-0.3, -0.25) is 9.78 Å². The molecule has 0 atom stereocenters. The second-order valence-corrected chi connectivity index (χ2v) is 6.33. The van der Waals surface area contributed by atoms with Crippen LogP contribution in [-0.4, -0.2) is 32.0 Å². The summed E-state index contributed by atoms with van der Waals surface area (Å²) in [5.41, 5.74) is 5.00. The molecule has 0 unspecified atom stereocenters. The van der Waals surface area contributed by atoms with E-state index < -0.39 is 0 Å². The van der Waals surface area contributed by atoms with Crippen LogP contribution in [0.2, 0.25) is 0 Å². The summed E-state index contributed by atoms with van der Waals surface area (Å²) >= 11 is 0. The Kier molecular flexibility index (Phi) is 4.08. The van der Waals surface area contributed by atoms with Gasteiger partial charge in [-0.15, -0.1) is 0 Å². The molecule has 130 valence electrons. The number of aromatic nitrogens is 4. The lowest BCUT2D eigenvalue weighted by Gasteiger charge is -2.07. The highest BCUT2D eigenvalue weighted by molar-refractivity contribution is 5.99. The fourth-order valence-electron chi connectivity index (χ4n) is 3.21. The van der Waals surface area contributed by atoms with Gasteiger partial charge in [0.2, 0.25) is 0 Å². The Morgan fingerprint density at radius 1 is 1.19 bits per heavy atom. The van der Waals surface area contributed by atoms with Crippen LogP contribution in [0.15, 0.2) is 48.8 Å². The Bertz CT molecular complexity index is 1110. The highest BCUT2D eigenvalue weighted by Gasteiger charge is 2.15. The third-order valence-corrected chi connectivity index (χ3v) is 4.42. The standard InChI is InChI=1S/C20H19N5O/c1-13-11-14(2)25-19(24-13)17(12-23-25)20(26)22-10-8-16-6-3-5-15-7-4-9-21-18(15)16/h3-7,9,11-12H,8,10H2,1-2H3,(H,22,26). The van der Waals surface area contributed by atoms with Crippen molar-refractivity contribution in [3.05, 3.63) is 71.3 Å². The molecule has 0 radical (unpaired) electrons. The summed E-state index contributed by atoms with van der Waals surface area (Å²) in [4.78, 5) is 21.5. The van der Waals surface area contributed by atoms with Crippen LogP contribution in [0.4, 0.5) is 0 Å².